The van der Waals surface area contributed by atoms with Gasteiger partial charge in [0.05, 0.1) is 0 Å². The van der Waals surface area contributed by atoms with Crippen LogP contribution in [0.15, 0.2) is 42.5 Å². The van der Waals surface area contributed by atoms with E-state index in [1.165, 1.54) is 29.0 Å². The molecule has 4 heteroatoms. The van der Waals surface area contributed by atoms with Crippen molar-refractivity contribution in [3.05, 3.63) is 68.5 Å². The van der Waals surface area contributed by atoms with Crippen LogP contribution < -0.4 is 0 Å². The van der Waals surface area contributed by atoms with Crippen molar-refractivity contribution in [1.29, 1.82) is 0 Å². The highest BCUT2D eigenvalue weighted by atomic mass is 35.5. The molecule has 0 aromatic heterocycles. The first-order chi connectivity index (χ1) is 12.0. The Morgan fingerprint density at radius 1 is 0.960 bits per heavy atom. The Kier molecular flexibility index (Phi) is 8.65. The summed E-state index contributed by atoms with van der Waals surface area (Å²) in [7, 11) is 0. The number of benzene rings is 2. The third-order valence-electron chi connectivity index (χ3n) is 4.50. The van der Waals surface area contributed by atoms with E-state index < -0.39 is 0 Å². The van der Waals surface area contributed by atoms with Gasteiger partial charge >= 0.3 is 0 Å². The minimum absolute atomic E-state index is 0.646. The average Bonchev–Trinajstić information content (AvgIpc) is 2.58. The van der Waals surface area contributed by atoms with Gasteiger partial charge in [-0.15, -0.1) is 0 Å². The maximum atomic E-state index is 6.18. The summed E-state index contributed by atoms with van der Waals surface area (Å²) in [4.78, 5) is 2.46. The Labute approximate surface area is 166 Å². The smallest absolute Gasteiger partial charge is 0.0461 e. The van der Waals surface area contributed by atoms with E-state index in [-0.39, 0.29) is 0 Å². The molecule has 0 saturated carbocycles. The third kappa shape index (κ3) is 6.53. The number of hydrogen-bond acceptors (Lipinski definition) is 2. The fourth-order valence-electron chi connectivity index (χ4n) is 2.52. The lowest BCUT2D eigenvalue weighted by atomic mass is 10.1. The molecule has 0 N–H and O–H groups in total. The van der Waals surface area contributed by atoms with Crippen LogP contribution in [0.2, 0.25) is 10.0 Å². The van der Waals surface area contributed by atoms with Crippen molar-refractivity contribution < 1.29 is 0 Å². The summed E-state index contributed by atoms with van der Waals surface area (Å²) in [5.74, 6) is 0.954. The molecule has 25 heavy (non-hydrogen) atoms. The highest BCUT2D eigenvalue weighted by Crippen LogP contribution is 2.27. The Balaban J connectivity index is 0.000000306. The van der Waals surface area contributed by atoms with E-state index in [0.29, 0.717) is 10.3 Å². The zero-order chi connectivity index (χ0) is 18.2. The molecule has 1 unspecified atom stereocenters. The van der Waals surface area contributed by atoms with Gasteiger partial charge in [-0.3, -0.25) is 0 Å². The molecule has 0 saturated heterocycles. The van der Waals surface area contributed by atoms with Crippen LogP contribution in [0.1, 0.15) is 32.8 Å². The van der Waals surface area contributed by atoms with Crippen LogP contribution >= 0.6 is 35.0 Å². The molecule has 2 aliphatic carbocycles. The summed E-state index contributed by atoms with van der Waals surface area (Å²) < 4.78 is 0. The molecule has 1 nitrogen and oxygen atoms in total. The first kappa shape index (κ1) is 20.6. The Bertz CT molecular complexity index is 708. The van der Waals surface area contributed by atoms with Crippen molar-refractivity contribution in [2.45, 2.75) is 38.2 Å². The van der Waals surface area contributed by atoms with Crippen LogP contribution in [0.5, 0.6) is 0 Å². The van der Waals surface area contributed by atoms with Crippen LogP contribution in [-0.2, 0) is 5.75 Å². The SMILES string of the molecule is CCN(CC)CCC(C)SCc1ccc(Cl)cc1Cl.c1cc2ccc1=2. The molecule has 136 valence electrons. The summed E-state index contributed by atoms with van der Waals surface area (Å²) >= 11 is 14.0. The van der Waals surface area contributed by atoms with Gasteiger partial charge in [0.15, 0.2) is 0 Å². The molecular weight excluding hydrogens is 369 g/mol. The normalized spacial score (nSPS) is 12.6. The number of hydrogen-bond donors (Lipinski definition) is 0. The second kappa shape index (κ2) is 10.5. The number of thioether (sulfide) groups is 1. The van der Waals surface area contributed by atoms with Crippen LogP contribution in [0.3, 0.4) is 0 Å². The van der Waals surface area contributed by atoms with Gasteiger partial charge in [0, 0.05) is 21.0 Å². The van der Waals surface area contributed by atoms with Crippen molar-refractivity contribution >= 4 is 35.0 Å². The van der Waals surface area contributed by atoms with Gasteiger partial charge in [-0.05, 0) is 54.2 Å². The van der Waals surface area contributed by atoms with Crippen LogP contribution in [-0.4, -0.2) is 29.8 Å². The van der Waals surface area contributed by atoms with Gasteiger partial charge < -0.3 is 4.90 Å². The van der Waals surface area contributed by atoms with E-state index in [9.17, 15) is 0 Å². The molecule has 0 spiro atoms. The van der Waals surface area contributed by atoms with E-state index in [1.807, 2.05) is 30.0 Å². The monoisotopic (exact) mass is 395 g/mol. The van der Waals surface area contributed by atoms with Gasteiger partial charge in [0.2, 0.25) is 0 Å². The van der Waals surface area contributed by atoms with Crippen molar-refractivity contribution in [1.82, 2.24) is 4.90 Å². The minimum Gasteiger partial charge on any atom is -0.304 e. The lowest BCUT2D eigenvalue weighted by Crippen LogP contribution is -2.25. The molecule has 2 aliphatic rings. The molecule has 1 atom stereocenters. The second-order valence-corrected chi connectivity index (χ2v) is 8.52. The van der Waals surface area contributed by atoms with Crippen molar-refractivity contribution in [2.24, 2.45) is 0 Å². The minimum atomic E-state index is 0.646. The summed E-state index contributed by atoms with van der Waals surface area (Å²) in [5.41, 5.74) is 1.17. The first-order valence-corrected chi connectivity index (χ1v) is 10.7. The van der Waals surface area contributed by atoms with Crippen molar-refractivity contribution in [2.75, 3.05) is 19.6 Å². The quantitative estimate of drug-likeness (QED) is 0.420. The molecule has 3 rings (SSSR count). The molecule has 0 fully saturated rings. The largest absolute Gasteiger partial charge is 0.304 e. The van der Waals surface area contributed by atoms with E-state index in [4.69, 9.17) is 23.2 Å². The lowest BCUT2D eigenvalue weighted by molar-refractivity contribution is 0.300. The highest BCUT2D eigenvalue weighted by Gasteiger charge is 2.08. The van der Waals surface area contributed by atoms with E-state index in [2.05, 4.69) is 49.9 Å². The summed E-state index contributed by atoms with van der Waals surface area (Å²) in [6, 6.07) is 14.2. The van der Waals surface area contributed by atoms with E-state index >= 15 is 0 Å². The summed E-state index contributed by atoms with van der Waals surface area (Å²) in [5, 5.41) is 4.97. The molecule has 1 aromatic carbocycles. The third-order valence-corrected chi connectivity index (χ3v) is 6.37. The number of rotatable bonds is 8. The molecule has 0 heterocycles. The zero-order valence-electron chi connectivity index (χ0n) is 15.3. The van der Waals surface area contributed by atoms with Gasteiger partial charge in [-0.25, -0.2) is 0 Å². The molecule has 0 bridgehead atoms. The Morgan fingerprint density at radius 2 is 1.56 bits per heavy atom. The summed E-state index contributed by atoms with van der Waals surface area (Å²) in [6.07, 6.45) is 1.22. The number of nitrogens with zero attached hydrogens (tertiary/aromatic N) is 1. The van der Waals surface area contributed by atoms with Gasteiger partial charge in [0.25, 0.3) is 0 Å². The van der Waals surface area contributed by atoms with E-state index in [0.717, 1.165) is 23.9 Å². The van der Waals surface area contributed by atoms with Gasteiger partial charge in [-0.2, -0.15) is 11.8 Å². The van der Waals surface area contributed by atoms with Gasteiger partial charge in [0.1, 0.15) is 0 Å². The van der Waals surface area contributed by atoms with Gasteiger partial charge in [-0.1, -0.05) is 74.3 Å². The van der Waals surface area contributed by atoms with Crippen molar-refractivity contribution in [3.63, 3.8) is 0 Å². The van der Waals surface area contributed by atoms with Crippen LogP contribution in [0.25, 0.3) is 0 Å². The number of halogens is 2. The predicted molar refractivity (Wildman–Crippen MR) is 114 cm³/mol. The highest BCUT2D eigenvalue weighted by molar-refractivity contribution is 7.99. The molecule has 1 aromatic rings. The zero-order valence-corrected chi connectivity index (χ0v) is 17.6. The molecule has 0 radical (unpaired) electrons. The molecule has 0 aliphatic heterocycles. The van der Waals surface area contributed by atoms with E-state index in [1.54, 1.807) is 0 Å². The Morgan fingerprint density at radius 3 is 2.00 bits per heavy atom. The van der Waals surface area contributed by atoms with Crippen LogP contribution in [0, 0.1) is 10.4 Å². The van der Waals surface area contributed by atoms with Crippen LogP contribution in [0.4, 0.5) is 0 Å². The fourth-order valence-corrected chi connectivity index (χ4v) is 4.06. The fraction of sp³-hybridized carbons (Fsp3) is 0.429. The Hall–Kier alpha value is -0.670. The maximum absolute atomic E-state index is 6.18. The average molecular weight is 396 g/mol. The molecule has 0 amide bonds. The van der Waals surface area contributed by atoms with Crippen molar-refractivity contribution in [3.8, 4) is 0 Å². The molecular formula is C21H27Cl2NS. The topological polar surface area (TPSA) is 3.24 Å². The predicted octanol–water partition coefficient (Wildman–Crippen LogP) is 6.63. The maximum Gasteiger partial charge on any atom is 0.0461 e. The standard InChI is InChI=1S/C15H23Cl2NS.C6H4/c1-4-18(5-2)9-8-12(3)19-11-13-6-7-14(16)10-15(13)17;1-2-6-4-3-5(1)6/h6-7,10,12H,4-5,8-9,11H2,1-3H3;1-4H. The second-order valence-electron chi connectivity index (χ2n) is 6.25. The first-order valence-electron chi connectivity index (χ1n) is 8.91. The lowest BCUT2D eigenvalue weighted by Gasteiger charge is -2.20. The summed E-state index contributed by atoms with van der Waals surface area (Å²) in [6.45, 7) is 10.2.